The summed E-state index contributed by atoms with van der Waals surface area (Å²) in [4.78, 5) is 45.1. The molecule has 0 saturated heterocycles. The Morgan fingerprint density at radius 1 is 1.29 bits per heavy atom. The molecule has 3 heterocycles. The number of fused-ring (bicyclic) bond motifs is 1. The molecule has 3 N–H and O–H groups in total. The Morgan fingerprint density at radius 2 is 2.06 bits per heavy atom. The molecule has 0 aliphatic rings. The highest BCUT2D eigenvalue weighted by Gasteiger charge is 2.24. The van der Waals surface area contributed by atoms with E-state index in [2.05, 4.69) is 15.3 Å². The lowest BCUT2D eigenvalue weighted by molar-refractivity contribution is -0.145. The highest BCUT2D eigenvalue weighted by Crippen LogP contribution is 2.29. The number of aryl methyl sites for hydroxylation is 1. The zero-order chi connectivity index (χ0) is 22.5. The third-order valence-corrected chi connectivity index (χ3v) is 5.26. The van der Waals surface area contributed by atoms with Crippen molar-refractivity contribution in [3.8, 4) is 0 Å². The number of aromatic nitrogens is 2. The SMILES string of the molecule is CCOC(=O)c1c(C)oc2nc(COC(=O)CC(NC(C)=O)c3cccs3)nc(N)c12. The van der Waals surface area contributed by atoms with Gasteiger partial charge in [-0.1, -0.05) is 6.07 Å². The number of nitrogens with two attached hydrogens (primary N) is 1. The molecule has 3 aromatic rings. The molecular weight excluding hydrogens is 424 g/mol. The number of nitrogens with zero attached hydrogens (tertiary/aromatic N) is 2. The average molecular weight is 446 g/mol. The highest BCUT2D eigenvalue weighted by molar-refractivity contribution is 7.10. The Bertz CT molecular complexity index is 1110. The summed E-state index contributed by atoms with van der Waals surface area (Å²) in [5, 5.41) is 4.85. The predicted octanol–water partition coefficient (Wildman–Crippen LogP) is 2.66. The number of nitrogens with one attached hydrogen (secondary N) is 1. The lowest BCUT2D eigenvalue weighted by Crippen LogP contribution is -2.28. The molecule has 11 heteroatoms. The molecule has 0 bridgehead atoms. The second-order valence-electron chi connectivity index (χ2n) is 6.59. The number of hydrogen-bond acceptors (Lipinski definition) is 10. The van der Waals surface area contributed by atoms with Gasteiger partial charge < -0.3 is 24.9 Å². The third kappa shape index (κ3) is 5.18. The molecule has 0 fully saturated rings. The monoisotopic (exact) mass is 446 g/mol. The van der Waals surface area contributed by atoms with Crippen LogP contribution in [0.25, 0.3) is 11.1 Å². The van der Waals surface area contributed by atoms with E-state index in [1.165, 1.54) is 18.3 Å². The van der Waals surface area contributed by atoms with Crippen molar-refractivity contribution in [2.45, 2.75) is 39.8 Å². The first-order valence-electron chi connectivity index (χ1n) is 9.48. The van der Waals surface area contributed by atoms with Crippen LogP contribution in [-0.2, 0) is 25.7 Å². The van der Waals surface area contributed by atoms with Gasteiger partial charge in [0.05, 0.1) is 24.5 Å². The topological polar surface area (TPSA) is 147 Å². The van der Waals surface area contributed by atoms with E-state index in [1.807, 2.05) is 17.5 Å². The molecule has 31 heavy (non-hydrogen) atoms. The van der Waals surface area contributed by atoms with Gasteiger partial charge in [0.1, 0.15) is 17.1 Å². The average Bonchev–Trinajstić information content (AvgIpc) is 3.33. The van der Waals surface area contributed by atoms with Crippen molar-refractivity contribution < 1.29 is 28.3 Å². The molecular formula is C20H22N4O6S. The molecule has 0 aliphatic heterocycles. The summed E-state index contributed by atoms with van der Waals surface area (Å²) in [6.07, 6.45) is -0.0509. The standard InChI is InChI=1S/C20H22N4O6S/c1-4-28-20(27)16-10(2)30-19-17(16)18(21)23-14(24-19)9-29-15(26)8-12(22-11(3)25)13-6-5-7-31-13/h5-7,12H,4,8-9H2,1-3H3,(H,22,25)(H2,21,23,24). The van der Waals surface area contributed by atoms with Crippen molar-refractivity contribution in [3.63, 3.8) is 0 Å². The van der Waals surface area contributed by atoms with E-state index in [-0.39, 0.29) is 53.8 Å². The number of esters is 2. The van der Waals surface area contributed by atoms with Crippen LogP contribution in [0.5, 0.6) is 0 Å². The molecule has 3 rings (SSSR count). The summed E-state index contributed by atoms with van der Waals surface area (Å²) in [6.45, 7) is 4.62. The largest absolute Gasteiger partial charge is 0.462 e. The van der Waals surface area contributed by atoms with Crippen LogP contribution in [0.1, 0.15) is 53.1 Å². The Kier molecular flexibility index (Phi) is 6.85. The van der Waals surface area contributed by atoms with Gasteiger partial charge in [0.2, 0.25) is 11.6 Å². The second kappa shape index (κ2) is 9.56. The van der Waals surface area contributed by atoms with E-state index in [4.69, 9.17) is 19.6 Å². The Balaban J connectivity index is 1.72. The zero-order valence-electron chi connectivity index (χ0n) is 17.3. The van der Waals surface area contributed by atoms with E-state index in [1.54, 1.807) is 13.8 Å². The van der Waals surface area contributed by atoms with Crippen LogP contribution in [0.2, 0.25) is 0 Å². The van der Waals surface area contributed by atoms with E-state index in [9.17, 15) is 14.4 Å². The Labute approximate surface area is 181 Å². The van der Waals surface area contributed by atoms with Crippen molar-refractivity contribution in [2.24, 2.45) is 0 Å². The van der Waals surface area contributed by atoms with Gasteiger partial charge in [0, 0.05) is 11.8 Å². The molecule has 1 amide bonds. The summed E-state index contributed by atoms with van der Waals surface area (Å²) in [5.41, 5.74) is 6.28. The number of carbonyl (C=O) groups is 3. The van der Waals surface area contributed by atoms with Gasteiger partial charge in [0.15, 0.2) is 12.4 Å². The Hall–Kier alpha value is -3.47. The molecule has 10 nitrogen and oxygen atoms in total. The second-order valence-corrected chi connectivity index (χ2v) is 7.57. The number of furan rings is 1. The summed E-state index contributed by atoms with van der Waals surface area (Å²) >= 11 is 1.43. The molecule has 0 aliphatic carbocycles. The Morgan fingerprint density at radius 3 is 2.71 bits per heavy atom. The highest BCUT2D eigenvalue weighted by atomic mass is 32.1. The van der Waals surface area contributed by atoms with Gasteiger partial charge in [-0.15, -0.1) is 11.3 Å². The van der Waals surface area contributed by atoms with Gasteiger partial charge in [0.25, 0.3) is 0 Å². The maximum absolute atomic E-state index is 12.3. The molecule has 1 atom stereocenters. The number of carbonyl (C=O) groups excluding carboxylic acids is 3. The number of anilines is 1. The molecule has 164 valence electrons. The fraction of sp³-hybridized carbons (Fsp3) is 0.350. The van der Waals surface area contributed by atoms with E-state index < -0.39 is 18.0 Å². The quantitative estimate of drug-likeness (QED) is 0.498. The fourth-order valence-corrected chi connectivity index (χ4v) is 3.80. The van der Waals surface area contributed by atoms with Crippen LogP contribution in [0.4, 0.5) is 5.82 Å². The third-order valence-electron chi connectivity index (χ3n) is 4.28. The van der Waals surface area contributed by atoms with Crippen molar-refractivity contribution in [1.29, 1.82) is 0 Å². The first-order valence-corrected chi connectivity index (χ1v) is 10.4. The number of amides is 1. The predicted molar refractivity (Wildman–Crippen MR) is 112 cm³/mol. The number of hydrogen-bond donors (Lipinski definition) is 2. The van der Waals surface area contributed by atoms with Gasteiger partial charge in [-0.3, -0.25) is 9.59 Å². The maximum atomic E-state index is 12.3. The van der Waals surface area contributed by atoms with Crippen LogP contribution in [0, 0.1) is 6.92 Å². The lowest BCUT2D eigenvalue weighted by atomic mass is 10.1. The van der Waals surface area contributed by atoms with Crippen molar-refractivity contribution in [2.75, 3.05) is 12.3 Å². The minimum Gasteiger partial charge on any atom is -0.462 e. The van der Waals surface area contributed by atoms with Crippen molar-refractivity contribution in [3.05, 3.63) is 39.5 Å². The minimum absolute atomic E-state index is 0.0191. The molecule has 0 aromatic carbocycles. The summed E-state index contributed by atoms with van der Waals surface area (Å²) in [7, 11) is 0. The number of ether oxygens (including phenoxy) is 2. The maximum Gasteiger partial charge on any atom is 0.342 e. The molecule has 3 aromatic heterocycles. The van der Waals surface area contributed by atoms with Gasteiger partial charge in [-0.25, -0.2) is 9.78 Å². The molecule has 0 spiro atoms. The summed E-state index contributed by atoms with van der Waals surface area (Å²) in [6, 6.07) is 3.18. The fourth-order valence-electron chi connectivity index (χ4n) is 3.03. The first-order chi connectivity index (χ1) is 14.8. The van der Waals surface area contributed by atoms with E-state index in [0.717, 1.165) is 4.88 Å². The summed E-state index contributed by atoms with van der Waals surface area (Å²) in [5.74, 6) is -0.931. The lowest BCUT2D eigenvalue weighted by Gasteiger charge is -2.15. The van der Waals surface area contributed by atoms with Gasteiger partial charge in [-0.2, -0.15) is 4.98 Å². The van der Waals surface area contributed by atoms with E-state index >= 15 is 0 Å². The minimum atomic E-state index is -0.578. The number of nitrogen functional groups attached to an aromatic ring is 1. The van der Waals surface area contributed by atoms with Crippen LogP contribution >= 0.6 is 11.3 Å². The number of rotatable bonds is 8. The number of thiophene rings is 1. The van der Waals surface area contributed by atoms with E-state index in [0.29, 0.717) is 5.76 Å². The zero-order valence-corrected chi connectivity index (χ0v) is 18.1. The summed E-state index contributed by atoms with van der Waals surface area (Å²) < 4.78 is 15.8. The smallest absolute Gasteiger partial charge is 0.342 e. The van der Waals surface area contributed by atoms with Crippen molar-refractivity contribution in [1.82, 2.24) is 15.3 Å². The van der Waals surface area contributed by atoms with Crippen LogP contribution in [-0.4, -0.2) is 34.4 Å². The normalized spacial score (nSPS) is 11.8. The van der Waals surface area contributed by atoms with Crippen LogP contribution in [0.3, 0.4) is 0 Å². The van der Waals surface area contributed by atoms with Crippen LogP contribution in [0.15, 0.2) is 21.9 Å². The molecule has 1 unspecified atom stereocenters. The van der Waals surface area contributed by atoms with Gasteiger partial charge in [-0.05, 0) is 25.3 Å². The first kappa shape index (κ1) is 22.2. The molecule has 0 saturated carbocycles. The van der Waals surface area contributed by atoms with Crippen molar-refractivity contribution >= 4 is 46.1 Å². The molecule has 0 radical (unpaired) electrons. The van der Waals surface area contributed by atoms with Crippen LogP contribution < -0.4 is 11.1 Å². The van der Waals surface area contributed by atoms with Gasteiger partial charge >= 0.3 is 11.9 Å².